The van der Waals surface area contributed by atoms with Crippen molar-refractivity contribution in [3.8, 4) is 5.69 Å². The molecule has 5 aromatic carbocycles. The molecule has 0 fully saturated rings. The van der Waals surface area contributed by atoms with Gasteiger partial charge >= 0.3 is 0 Å². The summed E-state index contributed by atoms with van der Waals surface area (Å²) >= 11 is 0. The fourth-order valence-electron chi connectivity index (χ4n) is 4.80. The molecular formula is C30H21N5. The first-order valence-electron chi connectivity index (χ1n) is 11.6. The molecule has 1 aliphatic heterocycles. The highest BCUT2D eigenvalue weighted by Gasteiger charge is 2.30. The summed E-state index contributed by atoms with van der Waals surface area (Å²) in [5, 5.41) is 9.47. The van der Waals surface area contributed by atoms with Crippen LogP contribution in [0.2, 0.25) is 0 Å². The molecule has 35 heavy (non-hydrogen) atoms. The van der Waals surface area contributed by atoms with Crippen LogP contribution in [-0.4, -0.2) is 15.0 Å². The van der Waals surface area contributed by atoms with Gasteiger partial charge in [0.1, 0.15) is 11.0 Å². The first-order chi connectivity index (χ1) is 17.4. The van der Waals surface area contributed by atoms with E-state index in [1.807, 2.05) is 36.4 Å². The lowest BCUT2D eigenvalue weighted by Gasteiger charge is -2.40. The van der Waals surface area contributed by atoms with Crippen molar-refractivity contribution in [2.75, 3.05) is 9.80 Å². The molecule has 1 aliphatic rings. The standard InChI is InChI=1S/C30H21N5/c1-3-11-22(12-4-1)33-27-15-7-9-17-29(27)34(30-18-10-8-16-28(30)33)24-19-20-25-26(21-24)32-35(31-25)23-13-5-2-6-14-23/h1-21H. The molecule has 2 heterocycles. The Balaban J connectivity index is 1.41. The highest BCUT2D eigenvalue weighted by atomic mass is 15.5. The minimum absolute atomic E-state index is 0.854. The summed E-state index contributed by atoms with van der Waals surface area (Å²) < 4.78 is 0. The third-order valence-electron chi connectivity index (χ3n) is 6.35. The number of para-hydroxylation sites is 6. The Labute approximate surface area is 203 Å². The van der Waals surface area contributed by atoms with Crippen LogP contribution in [0.4, 0.5) is 34.1 Å². The number of fused-ring (bicyclic) bond motifs is 3. The van der Waals surface area contributed by atoms with Crippen molar-refractivity contribution < 1.29 is 0 Å². The Kier molecular flexibility index (Phi) is 4.39. The average molecular weight is 452 g/mol. The van der Waals surface area contributed by atoms with Crippen LogP contribution in [0.5, 0.6) is 0 Å². The van der Waals surface area contributed by atoms with E-state index in [4.69, 9.17) is 5.10 Å². The fraction of sp³-hybridized carbons (Fsp3) is 0. The van der Waals surface area contributed by atoms with Gasteiger partial charge in [0.15, 0.2) is 0 Å². The number of aromatic nitrogens is 3. The number of hydrogen-bond donors (Lipinski definition) is 0. The maximum Gasteiger partial charge on any atom is 0.115 e. The van der Waals surface area contributed by atoms with Crippen molar-refractivity contribution in [2.24, 2.45) is 0 Å². The summed E-state index contributed by atoms with van der Waals surface area (Å²) in [5.41, 5.74) is 9.33. The van der Waals surface area contributed by atoms with Gasteiger partial charge in [-0.05, 0) is 66.7 Å². The number of anilines is 6. The quantitative estimate of drug-likeness (QED) is 0.276. The second kappa shape index (κ2) is 7.85. The van der Waals surface area contributed by atoms with Crippen LogP contribution in [0, 0.1) is 0 Å². The average Bonchev–Trinajstić information content (AvgIpc) is 3.36. The van der Waals surface area contributed by atoms with Gasteiger partial charge in [-0.3, -0.25) is 0 Å². The predicted molar refractivity (Wildman–Crippen MR) is 142 cm³/mol. The van der Waals surface area contributed by atoms with Gasteiger partial charge in [-0.1, -0.05) is 60.7 Å². The zero-order valence-corrected chi connectivity index (χ0v) is 18.9. The second-order valence-corrected chi connectivity index (χ2v) is 8.48. The van der Waals surface area contributed by atoms with Crippen LogP contribution in [-0.2, 0) is 0 Å². The molecule has 0 saturated carbocycles. The Morgan fingerprint density at radius 2 is 0.829 bits per heavy atom. The zero-order chi connectivity index (χ0) is 23.2. The molecule has 0 radical (unpaired) electrons. The fourth-order valence-corrected chi connectivity index (χ4v) is 4.80. The van der Waals surface area contributed by atoms with Gasteiger partial charge in [0.05, 0.1) is 28.4 Å². The third-order valence-corrected chi connectivity index (χ3v) is 6.35. The molecule has 7 rings (SSSR count). The van der Waals surface area contributed by atoms with Gasteiger partial charge in [0, 0.05) is 11.4 Å². The van der Waals surface area contributed by atoms with Crippen molar-refractivity contribution in [2.45, 2.75) is 0 Å². The minimum Gasteiger partial charge on any atom is -0.306 e. The molecular weight excluding hydrogens is 430 g/mol. The van der Waals surface area contributed by atoms with E-state index < -0.39 is 0 Å². The van der Waals surface area contributed by atoms with Crippen LogP contribution in [0.15, 0.2) is 127 Å². The lowest BCUT2D eigenvalue weighted by Crippen LogP contribution is -2.23. The van der Waals surface area contributed by atoms with Gasteiger partial charge in [-0.25, -0.2) is 0 Å². The van der Waals surface area contributed by atoms with Crippen LogP contribution >= 0.6 is 0 Å². The number of rotatable bonds is 3. The van der Waals surface area contributed by atoms with E-state index in [0.717, 1.165) is 50.8 Å². The van der Waals surface area contributed by atoms with Gasteiger partial charge in [0.2, 0.25) is 0 Å². The molecule has 0 N–H and O–H groups in total. The van der Waals surface area contributed by atoms with Gasteiger partial charge in [0.25, 0.3) is 0 Å². The van der Waals surface area contributed by atoms with Crippen molar-refractivity contribution in [1.82, 2.24) is 15.0 Å². The largest absolute Gasteiger partial charge is 0.306 e. The summed E-state index contributed by atoms with van der Waals surface area (Å²) in [6.45, 7) is 0. The van der Waals surface area contributed by atoms with E-state index in [1.165, 1.54) is 0 Å². The van der Waals surface area contributed by atoms with Crippen LogP contribution in [0.1, 0.15) is 0 Å². The maximum atomic E-state index is 4.78. The smallest absolute Gasteiger partial charge is 0.115 e. The number of benzene rings is 5. The molecule has 0 saturated heterocycles. The molecule has 0 spiro atoms. The van der Waals surface area contributed by atoms with E-state index in [0.29, 0.717) is 0 Å². The first-order valence-corrected chi connectivity index (χ1v) is 11.6. The van der Waals surface area contributed by atoms with Crippen molar-refractivity contribution in [3.63, 3.8) is 0 Å². The van der Waals surface area contributed by atoms with Crippen LogP contribution in [0.25, 0.3) is 16.7 Å². The molecule has 5 heteroatoms. The Bertz CT molecular complexity index is 1610. The van der Waals surface area contributed by atoms with E-state index in [2.05, 4.69) is 106 Å². The van der Waals surface area contributed by atoms with E-state index in [-0.39, 0.29) is 0 Å². The number of nitrogens with zero attached hydrogens (tertiary/aromatic N) is 5. The summed E-state index contributed by atoms with van der Waals surface area (Å²) in [6.07, 6.45) is 0. The summed E-state index contributed by atoms with van der Waals surface area (Å²) in [7, 11) is 0. The molecule has 166 valence electrons. The van der Waals surface area contributed by atoms with Crippen LogP contribution < -0.4 is 9.80 Å². The number of hydrogen-bond acceptors (Lipinski definition) is 4. The molecule has 0 unspecified atom stereocenters. The SMILES string of the molecule is c1ccc(N2c3ccccc3N(c3ccc4nn(-c5ccccc5)nc4c3)c3ccccc32)cc1. The van der Waals surface area contributed by atoms with Gasteiger partial charge in [-0.15, -0.1) is 10.2 Å². The topological polar surface area (TPSA) is 37.2 Å². The molecule has 0 atom stereocenters. The molecule has 1 aromatic heterocycles. The normalized spacial score (nSPS) is 12.5. The van der Waals surface area contributed by atoms with Crippen molar-refractivity contribution >= 4 is 45.2 Å². The summed E-state index contributed by atoms with van der Waals surface area (Å²) in [5.74, 6) is 0. The monoisotopic (exact) mass is 451 g/mol. The Morgan fingerprint density at radius 1 is 0.371 bits per heavy atom. The summed E-state index contributed by atoms with van der Waals surface area (Å²) in [6, 6.07) is 43.9. The second-order valence-electron chi connectivity index (χ2n) is 8.48. The van der Waals surface area contributed by atoms with E-state index in [1.54, 1.807) is 4.80 Å². The van der Waals surface area contributed by atoms with Gasteiger partial charge < -0.3 is 9.80 Å². The molecule has 5 nitrogen and oxygen atoms in total. The van der Waals surface area contributed by atoms with Crippen LogP contribution in [0.3, 0.4) is 0 Å². The lowest BCUT2D eigenvalue weighted by atomic mass is 10.0. The first kappa shape index (κ1) is 19.6. The van der Waals surface area contributed by atoms with E-state index >= 15 is 0 Å². The molecule has 0 aliphatic carbocycles. The van der Waals surface area contributed by atoms with E-state index in [9.17, 15) is 0 Å². The third kappa shape index (κ3) is 3.17. The molecule has 6 aromatic rings. The highest BCUT2D eigenvalue weighted by Crippen LogP contribution is 2.53. The Hall–Kier alpha value is -4.90. The molecule has 0 amide bonds. The Morgan fingerprint density at radius 3 is 1.40 bits per heavy atom. The highest BCUT2D eigenvalue weighted by molar-refractivity contribution is 6.02. The predicted octanol–water partition coefficient (Wildman–Crippen LogP) is 7.67. The lowest BCUT2D eigenvalue weighted by molar-refractivity contribution is 0.766. The zero-order valence-electron chi connectivity index (χ0n) is 18.9. The van der Waals surface area contributed by atoms with Crippen molar-refractivity contribution in [3.05, 3.63) is 127 Å². The minimum atomic E-state index is 0.854. The van der Waals surface area contributed by atoms with Crippen molar-refractivity contribution in [1.29, 1.82) is 0 Å². The molecule has 0 bridgehead atoms. The maximum absolute atomic E-state index is 4.78. The summed E-state index contributed by atoms with van der Waals surface area (Å²) in [4.78, 5) is 6.33. The van der Waals surface area contributed by atoms with Gasteiger partial charge in [-0.2, -0.15) is 4.80 Å².